The molecule has 2 atom stereocenters. The fraction of sp³-hybridized carbons (Fsp3) is 0.700. The van der Waals surface area contributed by atoms with Crippen LogP contribution in [0.2, 0.25) is 0 Å². The summed E-state index contributed by atoms with van der Waals surface area (Å²) in [6.07, 6.45) is 4.27. The van der Waals surface area contributed by atoms with E-state index in [1.807, 2.05) is 0 Å². The number of aliphatic hydroxyl groups excluding tert-OH is 1. The average molecular weight is 348 g/mol. The second kappa shape index (κ2) is 10.2. The number of hydrogen-bond donors (Lipinski definition) is 2. The van der Waals surface area contributed by atoms with Gasteiger partial charge in [-0.15, -0.1) is 0 Å². The van der Waals surface area contributed by atoms with E-state index in [4.69, 9.17) is 9.47 Å². The molecule has 3 rings (SSSR count). The molecule has 1 aromatic carbocycles. The van der Waals surface area contributed by atoms with Crippen molar-refractivity contribution >= 4 is 0 Å². The molecule has 2 N–H and O–H groups in total. The van der Waals surface area contributed by atoms with Crippen LogP contribution in [0.4, 0.5) is 0 Å². The van der Waals surface area contributed by atoms with Crippen molar-refractivity contribution in [3.8, 4) is 0 Å². The molecule has 0 unspecified atom stereocenters. The van der Waals surface area contributed by atoms with Gasteiger partial charge >= 0.3 is 0 Å². The van der Waals surface area contributed by atoms with E-state index in [1.54, 1.807) is 0 Å². The highest BCUT2D eigenvalue weighted by Gasteiger charge is 2.20. The van der Waals surface area contributed by atoms with Gasteiger partial charge in [0.15, 0.2) is 0 Å². The first kappa shape index (κ1) is 18.8. The largest absolute Gasteiger partial charge is 0.389 e. The van der Waals surface area contributed by atoms with E-state index in [0.717, 1.165) is 51.9 Å². The number of hydrogen-bond acceptors (Lipinski definition) is 5. The van der Waals surface area contributed by atoms with Crippen molar-refractivity contribution in [2.75, 3.05) is 39.5 Å². The zero-order chi connectivity index (χ0) is 17.3. The number of likely N-dealkylation sites (tertiary alicyclic amines) is 1. The number of piperidine rings is 1. The topological polar surface area (TPSA) is 54.0 Å². The Kier molecular flexibility index (Phi) is 7.70. The summed E-state index contributed by atoms with van der Waals surface area (Å²) in [6, 6.07) is 11.2. The molecular formula is C20H32N2O3. The summed E-state index contributed by atoms with van der Waals surface area (Å²) in [4.78, 5) is 2.51. The lowest BCUT2D eigenvalue weighted by Gasteiger charge is -2.33. The third-order valence-electron chi connectivity index (χ3n) is 5.12. The predicted molar refractivity (Wildman–Crippen MR) is 98.5 cm³/mol. The standard InChI is InChI=1S/C20H32N2O3/c23-19(15-24-16-20-7-4-12-25-20)13-21-18-8-10-22(11-9-18)14-17-5-2-1-3-6-17/h1-3,5-6,18-21,23H,4,7-16H2/t19-,20-/m1/s1. The number of benzene rings is 1. The number of nitrogens with one attached hydrogen (secondary N) is 1. The summed E-state index contributed by atoms with van der Waals surface area (Å²) in [5, 5.41) is 13.6. The Morgan fingerprint density at radius 2 is 2.00 bits per heavy atom. The van der Waals surface area contributed by atoms with Crippen LogP contribution in [-0.2, 0) is 16.0 Å². The molecule has 0 amide bonds. The third-order valence-corrected chi connectivity index (χ3v) is 5.12. The van der Waals surface area contributed by atoms with Crippen molar-refractivity contribution in [3.63, 3.8) is 0 Å². The lowest BCUT2D eigenvalue weighted by Crippen LogP contribution is -2.45. The molecule has 0 aliphatic carbocycles. The van der Waals surface area contributed by atoms with Gasteiger partial charge in [-0.2, -0.15) is 0 Å². The van der Waals surface area contributed by atoms with Crippen molar-refractivity contribution in [3.05, 3.63) is 35.9 Å². The first-order chi connectivity index (χ1) is 12.3. The molecule has 0 aromatic heterocycles. The van der Waals surface area contributed by atoms with Crippen LogP contribution in [0.5, 0.6) is 0 Å². The van der Waals surface area contributed by atoms with Crippen molar-refractivity contribution in [1.29, 1.82) is 0 Å². The first-order valence-electron chi connectivity index (χ1n) is 9.66. The van der Waals surface area contributed by atoms with Crippen molar-refractivity contribution < 1.29 is 14.6 Å². The lowest BCUT2D eigenvalue weighted by atomic mass is 10.0. The fourth-order valence-electron chi connectivity index (χ4n) is 3.61. The highest BCUT2D eigenvalue weighted by atomic mass is 16.5. The molecule has 25 heavy (non-hydrogen) atoms. The molecule has 140 valence electrons. The summed E-state index contributed by atoms with van der Waals surface area (Å²) in [5.41, 5.74) is 1.38. The molecular weight excluding hydrogens is 316 g/mol. The molecule has 5 nitrogen and oxygen atoms in total. The highest BCUT2D eigenvalue weighted by Crippen LogP contribution is 2.14. The Labute approximate surface area is 151 Å². The van der Waals surface area contributed by atoms with Gasteiger partial charge in [0.25, 0.3) is 0 Å². The Bertz CT molecular complexity index is 471. The van der Waals surface area contributed by atoms with Crippen LogP contribution < -0.4 is 5.32 Å². The number of nitrogens with zero attached hydrogens (tertiary/aromatic N) is 1. The molecule has 0 radical (unpaired) electrons. The van der Waals surface area contributed by atoms with Crippen LogP contribution in [-0.4, -0.2) is 67.7 Å². The molecule has 1 aromatic rings. The molecule has 2 heterocycles. The van der Waals surface area contributed by atoms with Gasteiger partial charge in [0.05, 0.1) is 25.4 Å². The number of rotatable bonds is 9. The van der Waals surface area contributed by atoms with Crippen molar-refractivity contribution in [1.82, 2.24) is 10.2 Å². The molecule has 2 aliphatic heterocycles. The summed E-state index contributed by atoms with van der Waals surface area (Å²) in [5.74, 6) is 0. The van der Waals surface area contributed by atoms with Crippen LogP contribution in [0.3, 0.4) is 0 Å². The highest BCUT2D eigenvalue weighted by molar-refractivity contribution is 5.14. The van der Waals surface area contributed by atoms with Gasteiger partial charge < -0.3 is 19.9 Å². The second-order valence-electron chi connectivity index (χ2n) is 7.27. The summed E-state index contributed by atoms with van der Waals surface area (Å²) >= 11 is 0. The molecule has 0 bridgehead atoms. The van der Waals surface area contributed by atoms with E-state index in [2.05, 4.69) is 40.5 Å². The van der Waals surface area contributed by atoms with E-state index >= 15 is 0 Å². The van der Waals surface area contributed by atoms with E-state index < -0.39 is 6.10 Å². The van der Waals surface area contributed by atoms with Gasteiger partial charge in [-0.05, 0) is 44.3 Å². The number of aliphatic hydroxyl groups is 1. The second-order valence-corrected chi connectivity index (χ2v) is 7.27. The minimum absolute atomic E-state index is 0.231. The quantitative estimate of drug-likeness (QED) is 0.713. The van der Waals surface area contributed by atoms with E-state index in [-0.39, 0.29) is 6.10 Å². The molecule has 0 spiro atoms. The Hall–Kier alpha value is -0.980. The number of ether oxygens (including phenoxy) is 2. The Morgan fingerprint density at radius 3 is 2.72 bits per heavy atom. The third kappa shape index (κ3) is 6.68. The SMILES string of the molecule is O[C@H](CNC1CCN(Cc2ccccc2)CC1)COC[C@H]1CCCO1. The van der Waals surface area contributed by atoms with Gasteiger partial charge in [0.1, 0.15) is 0 Å². The maximum Gasteiger partial charge on any atom is 0.0897 e. The van der Waals surface area contributed by atoms with Gasteiger partial charge in [0.2, 0.25) is 0 Å². The molecule has 5 heteroatoms. The van der Waals surface area contributed by atoms with Crippen LogP contribution in [0.15, 0.2) is 30.3 Å². The van der Waals surface area contributed by atoms with E-state index in [9.17, 15) is 5.11 Å². The molecule has 0 saturated carbocycles. The molecule has 2 saturated heterocycles. The van der Waals surface area contributed by atoms with Gasteiger partial charge in [-0.1, -0.05) is 30.3 Å². The Balaban J connectivity index is 1.24. The molecule has 2 fully saturated rings. The van der Waals surface area contributed by atoms with Gasteiger partial charge in [0, 0.05) is 25.7 Å². The van der Waals surface area contributed by atoms with Crippen molar-refractivity contribution in [2.45, 2.75) is 50.5 Å². The minimum Gasteiger partial charge on any atom is -0.389 e. The van der Waals surface area contributed by atoms with Gasteiger partial charge in [-0.3, -0.25) is 4.90 Å². The zero-order valence-electron chi connectivity index (χ0n) is 15.1. The predicted octanol–water partition coefficient (Wildman–Crippen LogP) is 1.80. The lowest BCUT2D eigenvalue weighted by molar-refractivity contribution is -0.0173. The Morgan fingerprint density at radius 1 is 1.20 bits per heavy atom. The van der Waals surface area contributed by atoms with Gasteiger partial charge in [-0.25, -0.2) is 0 Å². The fourth-order valence-corrected chi connectivity index (χ4v) is 3.61. The average Bonchev–Trinajstić information content (AvgIpc) is 3.15. The summed E-state index contributed by atoms with van der Waals surface area (Å²) in [7, 11) is 0. The van der Waals surface area contributed by atoms with Crippen molar-refractivity contribution in [2.24, 2.45) is 0 Å². The monoisotopic (exact) mass is 348 g/mol. The normalized spacial score (nSPS) is 23.8. The summed E-state index contributed by atoms with van der Waals surface area (Å²) < 4.78 is 11.1. The van der Waals surface area contributed by atoms with Crippen LogP contribution in [0, 0.1) is 0 Å². The maximum atomic E-state index is 10.1. The van der Waals surface area contributed by atoms with Crippen LogP contribution in [0.25, 0.3) is 0 Å². The van der Waals surface area contributed by atoms with E-state index in [1.165, 1.54) is 5.56 Å². The maximum absolute atomic E-state index is 10.1. The first-order valence-corrected chi connectivity index (χ1v) is 9.66. The minimum atomic E-state index is -0.441. The van der Waals surface area contributed by atoms with Crippen LogP contribution in [0.1, 0.15) is 31.2 Å². The molecule has 2 aliphatic rings. The summed E-state index contributed by atoms with van der Waals surface area (Å²) in [6.45, 7) is 5.70. The zero-order valence-corrected chi connectivity index (χ0v) is 15.1. The smallest absolute Gasteiger partial charge is 0.0897 e. The van der Waals surface area contributed by atoms with Crippen LogP contribution >= 0.6 is 0 Å². The van der Waals surface area contributed by atoms with E-state index in [0.29, 0.717) is 25.8 Å².